The quantitative estimate of drug-likeness (QED) is 0.416. The average Bonchev–Trinajstić information content (AvgIpc) is 3.07. The van der Waals surface area contributed by atoms with Gasteiger partial charge in [-0.1, -0.05) is 70.5 Å². The van der Waals surface area contributed by atoms with E-state index in [-0.39, 0.29) is 29.3 Å². The molecule has 1 aliphatic rings. The summed E-state index contributed by atoms with van der Waals surface area (Å²) >= 11 is 3.43. The molecule has 1 heterocycles. The van der Waals surface area contributed by atoms with Gasteiger partial charge in [-0.25, -0.2) is 12.7 Å². The van der Waals surface area contributed by atoms with E-state index in [1.165, 1.54) is 23.1 Å². The summed E-state index contributed by atoms with van der Waals surface area (Å²) < 4.78 is 27.6. The number of sulfonamides is 1. The Morgan fingerprint density at radius 1 is 0.973 bits per heavy atom. The zero-order chi connectivity index (χ0) is 26.6. The first-order valence-corrected chi connectivity index (χ1v) is 14.0. The molecule has 0 aliphatic carbocycles. The van der Waals surface area contributed by atoms with Crippen LogP contribution in [-0.2, 0) is 32.6 Å². The molecule has 3 amide bonds. The van der Waals surface area contributed by atoms with Gasteiger partial charge >= 0.3 is 0 Å². The Labute approximate surface area is 224 Å². The maximum atomic E-state index is 13.8. The van der Waals surface area contributed by atoms with Crippen LogP contribution in [0.2, 0.25) is 0 Å². The maximum absolute atomic E-state index is 13.8. The molecule has 1 N–H and O–H groups in total. The number of carbonyl (C=O) groups is 3. The molecular weight excluding hydrogens is 558 g/mol. The summed E-state index contributed by atoms with van der Waals surface area (Å²) in [6, 6.07) is 21.5. The molecule has 0 radical (unpaired) electrons. The summed E-state index contributed by atoms with van der Waals surface area (Å²) in [7, 11) is -4.19. The van der Waals surface area contributed by atoms with E-state index >= 15 is 0 Å². The molecule has 0 saturated heterocycles. The highest BCUT2D eigenvalue weighted by Gasteiger charge is 2.43. The minimum atomic E-state index is -4.19. The van der Waals surface area contributed by atoms with Gasteiger partial charge in [0.25, 0.3) is 15.9 Å². The van der Waals surface area contributed by atoms with Crippen molar-refractivity contribution in [3.8, 4) is 0 Å². The van der Waals surface area contributed by atoms with Crippen LogP contribution in [0.3, 0.4) is 0 Å². The topological polar surface area (TPSA) is 104 Å². The molecule has 4 rings (SSSR count). The fourth-order valence-electron chi connectivity index (χ4n) is 4.28. The number of benzene rings is 3. The second-order valence-electron chi connectivity index (χ2n) is 8.56. The summed E-state index contributed by atoms with van der Waals surface area (Å²) in [5.74, 6) is -1.78. The van der Waals surface area contributed by atoms with Gasteiger partial charge in [-0.05, 0) is 42.3 Å². The van der Waals surface area contributed by atoms with E-state index in [0.29, 0.717) is 10.8 Å². The van der Waals surface area contributed by atoms with Crippen LogP contribution < -0.4 is 5.32 Å². The molecule has 8 nitrogen and oxygen atoms in total. The number of halogens is 1. The number of rotatable bonds is 9. The maximum Gasteiger partial charge on any atom is 0.269 e. The van der Waals surface area contributed by atoms with Gasteiger partial charge in [0.1, 0.15) is 17.5 Å². The average molecular weight is 584 g/mol. The standard InChI is InChI=1S/C27H26BrN3O5S/c1-2-29-26(33)23(16-19-9-4-3-5-10-19)30(17-20-11-8-12-21(28)15-20)25(32)18-31-27(34)22-13-6-7-14-24(22)37(31,35)36/h3-15,23H,2,16-18H2,1H3,(H,29,33)/t23-/m0/s1. The van der Waals surface area contributed by atoms with Crippen molar-refractivity contribution in [3.63, 3.8) is 0 Å². The van der Waals surface area contributed by atoms with Gasteiger partial charge in [-0.15, -0.1) is 0 Å². The number of carbonyl (C=O) groups excluding carboxylic acids is 3. The third kappa shape index (κ3) is 5.75. The minimum absolute atomic E-state index is 0.0263. The van der Waals surface area contributed by atoms with E-state index in [2.05, 4.69) is 21.2 Å². The number of hydrogen-bond donors (Lipinski definition) is 1. The van der Waals surface area contributed by atoms with E-state index in [4.69, 9.17) is 0 Å². The van der Waals surface area contributed by atoms with Gasteiger partial charge in [0.15, 0.2) is 0 Å². The zero-order valence-electron chi connectivity index (χ0n) is 20.1. The summed E-state index contributed by atoms with van der Waals surface area (Å²) in [6.45, 7) is 1.47. The lowest BCUT2D eigenvalue weighted by atomic mass is 10.0. The van der Waals surface area contributed by atoms with Crippen LogP contribution in [0, 0.1) is 0 Å². The van der Waals surface area contributed by atoms with Crippen LogP contribution in [0.4, 0.5) is 0 Å². The van der Waals surface area contributed by atoms with E-state index < -0.39 is 34.4 Å². The van der Waals surface area contributed by atoms with Gasteiger partial charge < -0.3 is 10.2 Å². The van der Waals surface area contributed by atoms with Crippen molar-refractivity contribution in [2.24, 2.45) is 0 Å². The molecule has 1 aliphatic heterocycles. The molecular formula is C27H26BrN3O5S. The molecule has 192 valence electrons. The fraction of sp³-hybridized carbons (Fsp3) is 0.222. The summed E-state index contributed by atoms with van der Waals surface area (Å²) in [5, 5.41) is 2.79. The van der Waals surface area contributed by atoms with Crippen molar-refractivity contribution in [1.29, 1.82) is 0 Å². The van der Waals surface area contributed by atoms with E-state index in [0.717, 1.165) is 15.6 Å². The number of fused-ring (bicyclic) bond motifs is 1. The first-order chi connectivity index (χ1) is 17.7. The Hall–Kier alpha value is -3.50. The van der Waals surface area contributed by atoms with Crippen molar-refractivity contribution < 1.29 is 22.8 Å². The molecule has 0 spiro atoms. The monoisotopic (exact) mass is 583 g/mol. The molecule has 1 atom stereocenters. The Balaban J connectivity index is 1.71. The van der Waals surface area contributed by atoms with Crippen LogP contribution in [0.5, 0.6) is 0 Å². The van der Waals surface area contributed by atoms with E-state index in [1.807, 2.05) is 54.6 Å². The van der Waals surface area contributed by atoms with Gasteiger partial charge in [-0.2, -0.15) is 0 Å². The van der Waals surface area contributed by atoms with Gasteiger partial charge in [0.05, 0.1) is 5.56 Å². The predicted molar refractivity (Wildman–Crippen MR) is 142 cm³/mol. The number of nitrogens with one attached hydrogen (secondary N) is 1. The number of likely N-dealkylation sites (N-methyl/N-ethyl adjacent to an activating group) is 1. The first-order valence-electron chi connectivity index (χ1n) is 11.7. The Morgan fingerprint density at radius 3 is 2.32 bits per heavy atom. The second kappa shape index (κ2) is 11.3. The van der Waals surface area contributed by atoms with Crippen LogP contribution in [0.15, 0.2) is 88.2 Å². The van der Waals surface area contributed by atoms with E-state index in [1.54, 1.807) is 13.0 Å². The van der Waals surface area contributed by atoms with Gasteiger partial charge in [0, 0.05) is 24.0 Å². The molecule has 0 saturated carbocycles. The molecule has 0 unspecified atom stereocenters. The van der Waals surface area contributed by atoms with Crippen molar-refractivity contribution in [2.45, 2.75) is 30.8 Å². The summed E-state index contributed by atoms with van der Waals surface area (Å²) in [4.78, 5) is 41.2. The molecule has 0 fully saturated rings. The molecule has 3 aromatic rings. The Bertz CT molecular complexity index is 1430. The third-order valence-electron chi connectivity index (χ3n) is 6.05. The first kappa shape index (κ1) is 26.6. The fourth-order valence-corrected chi connectivity index (χ4v) is 6.24. The predicted octanol–water partition coefficient (Wildman–Crippen LogP) is 3.37. The summed E-state index contributed by atoms with van der Waals surface area (Å²) in [5.41, 5.74) is 1.60. The van der Waals surface area contributed by atoms with Crippen LogP contribution in [-0.4, -0.2) is 54.5 Å². The zero-order valence-corrected chi connectivity index (χ0v) is 22.5. The van der Waals surface area contributed by atoms with Crippen LogP contribution in [0.25, 0.3) is 0 Å². The van der Waals surface area contributed by atoms with Gasteiger partial charge in [0.2, 0.25) is 11.8 Å². The molecule has 0 bridgehead atoms. The lowest BCUT2D eigenvalue weighted by Crippen LogP contribution is -2.53. The summed E-state index contributed by atoms with van der Waals surface area (Å²) in [6.07, 6.45) is 0.216. The smallest absolute Gasteiger partial charge is 0.269 e. The van der Waals surface area contributed by atoms with Crippen molar-refractivity contribution in [1.82, 2.24) is 14.5 Å². The van der Waals surface area contributed by atoms with Gasteiger partial charge in [-0.3, -0.25) is 14.4 Å². The molecule has 10 heteroatoms. The number of nitrogens with zero attached hydrogens (tertiary/aromatic N) is 2. The molecule has 37 heavy (non-hydrogen) atoms. The minimum Gasteiger partial charge on any atom is -0.355 e. The molecule has 0 aromatic heterocycles. The third-order valence-corrected chi connectivity index (χ3v) is 8.34. The Kier molecular flexibility index (Phi) is 8.09. The lowest BCUT2D eigenvalue weighted by molar-refractivity contribution is -0.141. The number of hydrogen-bond acceptors (Lipinski definition) is 5. The molecule has 3 aromatic carbocycles. The second-order valence-corrected chi connectivity index (χ2v) is 11.3. The normalized spacial score (nSPS) is 14.6. The number of amides is 3. The largest absolute Gasteiger partial charge is 0.355 e. The van der Waals surface area contributed by atoms with E-state index in [9.17, 15) is 22.8 Å². The van der Waals surface area contributed by atoms with Crippen molar-refractivity contribution >= 4 is 43.7 Å². The van der Waals surface area contributed by atoms with Crippen LogP contribution in [0.1, 0.15) is 28.4 Å². The van der Waals surface area contributed by atoms with Crippen molar-refractivity contribution in [2.75, 3.05) is 13.1 Å². The van der Waals surface area contributed by atoms with Crippen molar-refractivity contribution in [3.05, 3.63) is 100 Å². The Morgan fingerprint density at radius 2 is 1.65 bits per heavy atom. The SMILES string of the molecule is CCNC(=O)[C@H](Cc1ccccc1)N(Cc1cccc(Br)c1)C(=O)CN1C(=O)c2ccccc2S1(=O)=O. The van der Waals surface area contributed by atoms with Crippen LogP contribution >= 0.6 is 15.9 Å². The highest BCUT2D eigenvalue weighted by Crippen LogP contribution is 2.30. The highest BCUT2D eigenvalue weighted by molar-refractivity contribution is 9.10. The highest BCUT2D eigenvalue weighted by atomic mass is 79.9. The lowest BCUT2D eigenvalue weighted by Gasteiger charge is -2.32.